The number of hydrogen-bond donors (Lipinski definition) is 1. The molecule has 0 saturated heterocycles. The topological polar surface area (TPSA) is 73.5 Å². The van der Waals surface area contributed by atoms with Gasteiger partial charge >= 0.3 is 12.1 Å². The molecule has 0 aliphatic heterocycles. The van der Waals surface area contributed by atoms with E-state index in [1.165, 1.54) is 7.11 Å². The third-order valence-corrected chi connectivity index (χ3v) is 7.62. The molecule has 2 aromatic carbocycles. The van der Waals surface area contributed by atoms with E-state index in [-0.39, 0.29) is 29.9 Å². The van der Waals surface area contributed by atoms with Crippen LogP contribution in [0.25, 0.3) is 21.9 Å². The highest BCUT2D eigenvalue weighted by atomic mass is 19.4. The lowest BCUT2D eigenvalue weighted by molar-refractivity contribution is -0.146. The van der Waals surface area contributed by atoms with Crippen molar-refractivity contribution in [3.63, 3.8) is 0 Å². The number of amides is 1. The van der Waals surface area contributed by atoms with Gasteiger partial charge in [-0.05, 0) is 62.8 Å². The molecule has 1 aliphatic carbocycles. The van der Waals surface area contributed by atoms with Gasteiger partial charge in [0.05, 0.1) is 36.2 Å². The van der Waals surface area contributed by atoms with E-state index in [0.29, 0.717) is 36.0 Å². The van der Waals surface area contributed by atoms with Gasteiger partial charge in [0.2, 0.25) is 0 Å². The van der Waals surface area contributed by atoms with Crippen LogP contribution in [0.4, 0.5) is 13.2 Å². The maximum Gasteiger partial charge on any atom is 0.416 e. The van der Waals surface area contributed by atoms with Gasteiger partial charge in [-0.2, -0.15) is 13.2 Å². The zero-order valence-corrected chi connectivity index (χ0v) is 21.2. The number of rotatable bonds is 6. The van der Waals surface area contributed by atoms with E-state index in [1.54, 1.807) is 16.8 Å². The van der Waals surface area contributed by atoms with Crippen molar-refractivity contribution < 1.29 is 31.9 Å². The van der Waals surface area contributed by atoms with Crippen LogP contribution in [0.15, 0.2) is 53.1 Å². The van der Waals surface area contributed by atoms with Gasteiger partial charge < -0.3 is 19.0 Å². The largest absolute Gasteiger partial charge is 0.469 e. The minimum atomic E-state index is -4.59. The van der Waals surface area contributed by atoms with E-state index in [4.69, 9.17) is 9.15 Å². The third kappa shape index (κ3) is 5.01. The molecule has 1 saturated carbocycles. The molecule has 1 fully saturated rings. The summed E-state index contributed by atoms with van der Waals surface area (Å²) in [5, 5.41) is 4.15. The molecule has 0 spiro atoms. The van der Waals surface area contributed by atoms with Gasteiger partial charge in [0, 0.05) is 29.1 Å². The maximum atomic E-state index is 13.7. The number of methoxy groups -OCH3 is 1. The van der Waals surface area contributed by atoms with Gasteiger partial charge in [-0.3, -0.25) is 9.59 Å². The Hall–Kier alpha value is -3.75. The quantitative estimate of drug-likeness (QED) is 0.292. The fourth-order valence-electron chi connectivity index (χ4n) is 5.45. The highest BCUT2D eigenvalue weighted by molar-refractivity contribution is 6.06. The molecule has 200 valence electrons. The molecule has 2 heterocycles. The molecule has 1 amide bonds. The zero-order valence-electron chi connectivity index (χ0n) is 21.2. The molecular weight excluding hydrogens is 497 g/mol. The highest BCUT2D eigenvalue weighted by Gasteiger charge is 2.33. The number of aromatic nitrogens is 1. The Morgan fingerprint density at radius 1 is 1.11 bits per heavy atom. The molecule has 4 aromatic rings. The summed E-state index contributed by atoms with van der Waals surface area (Å²) in [7, 11) is 1.37. The Bertz CT molecular complexity index is 1490. The molecule has 0 atom stereocenters. The number of para-hydroxylation sites is 1. The van der Waals surface area contributed by atoms with E-state index >= 15 is 0 Å². The number of carbonyl (C=O) groups excluding carboxylic acids is 2. The van der Waals surface area contributed by atoms with Crippen LogP contribution in [0, 0.1) is 18.8 Å². The van der Waals surface area contributed by atoms with Crippen LogP contribution in [0.1, 0.15) is 52.9 Å². The standard InChI is InChI=1S/C29H29F3N2O4/c1-17-22-5-3-4-6-24(22)38-25(17)16-34-12-11-20-13-21(29(30,31)32)14-23(26(20)34)27(35)33-15-18-7-9-19(10-8-18)28(36)37-2/h3-6,11-14,18-19H,7-10,15-16H2,1-2H3,(H,33,35)/t18-,19-. The fourth-order valence-corrected chi connectivity index (χ4v) is 5.45. The van der Waals surface area contributed by atoms with Gasteiger partial charge in [-0.1, -0.05) is 18.2 Å². The first-order valence-corrected chi connectivity index (χ1v) is 12.7. The van der Waals surface area contributed by atoms with Crippen molar-refractivity contribution in [3.8, 4) is 0 Å². The van der Waals surface area contributed by atoms with Crippen molar-refractivity contribution >= 4 is 33.7 Å². The van der Waals surface area contributed by atoms with E-state index < -0.39 is 17.6 Å². The summed E-state index contributed by atoms with van der Waals surface area (Å²) in [6.45, 7) is 2.54. The number of aryl methyl sites for hydroxylation is 1. The molecule has 0 unspecified atom stereocenters. The lowest BCUT2D eigenvalue weighted by Gasteiger charge is -2.27. The first-order chi connectivity index (χ1) is 18.2. The van der Waals surface area contributed by atoms with Gasteiger partial charge in [0.1, 0.15) is 11.3 Å². The van der Waals surface area contributed by atoms with Crippen LogP contribution in [-0.2, 0) is 22.3 Å². The number of ether oxygens (including phenoxy) is 1. The number of halogens is 3. The Morgan fingerprint density at radius 3 is 2.53 bits per heavy atom. The molecule has 0 radical (unpaired) electrons. The van der Waals surface area contributed by atoms with Crippen molar-refractivity contribution in [1.82, 2.24) is 9.88 Å². The summed E-state index contributed by atoms with van der Waals surface area (Å²) in [5.41, 5.74) is 1.20. The number of furan rings is 1. The second-order valence-electron chi connectivity index (χ2n) is 10.0. The summed E-state index contributed by atoms with van der Waals surface area (Å²) in [6.07, 6.45) is -0.101. The second-order valence-corrected chi connectivity index (χ2v) is 10.0. The highest BCUT2D eigenvalue weighted by Crippen LogP contribution is 2.35. The molecule has 38 heavy (non-hydrogen) atoms. The van der Waals surface area contributed by atoms with Gasteiger partial charge in [0.25, 0.3) is 5.91 Å². The number of alkyl halides is 3. The smallest absolute Gasteiger partial charge is 0.416 e. The minimum absolute atomic E-state index is 0.0307. The van der Waals surface area contributed by atoms with Crippen LogP contribution < -0.4 is 5.32 Å². The van der Waals surface area contributed by atoms with Crippen LogP contribution in [0.3, 0.4) is 0 Å². The third-order valence-electron chi connectivity index (χ3n) is 7.62. The van der Waals surface area contributed by atoms with Gasteiger partial charge in [-0.15, -0.1) is 0 Å². The first kappa shape index (κ1) is 25.9. The molecule has 6 nitrogen and oxygen atoms in total. The Balaban J connectivity index is 1.42. The van der Waals surface area contributed by atoms with Gasteiger partial charge in [0.15, 0.2) is 0 Å². The number of esters is 1. The Labute approximate surface area is 217 Å². The average molecular weight is 527 g/mol. The molecule has 1 aliphatic rings. The molecule has 2 aromatic heterocycles. The summed E-state index contributed by atoms with van der Waals surface area (Å²) in [6, 6.07) is 11.2. The monoisotopic (exact) mass is 526 g/mol. The van der Waals surface area contributed by atoms with Crippen LogP contribution in [0.5, 0.6) is 0 Å². The summed E-state index contributed by atoms with van der Waals surface area (Å²) >= 11 is 0. The van der Waals surface area contributed by atoms with Crippen molar-refractivity contribution in [2.24, 2.45) is 11.8 Å². The minimum Gasteiger partial charge on any atom is -0.469 e. The summed E-state index contributed by atoms with van der Waals surface area (Å²) in [5.74, 6) is -0.0970. The molecule has 0 bridgehead atoms. The number of hydrogen-bond acceptors (Lipinski definition) is 4. The van der Waals surface area contributed by atoms with Crippen molar-refractivity contribution in [3.05, 3.63) is 71.1 Å². The predicted octanol–water partition coefficient (Wildman–Crippen LogP) is 6.47. The van der Waals surface area contributed by atoms with Crippen LogP contribution in [-0.4, -0.2) is 30.1 Å². The average Bonchev–Trinajstić information content (AvgIpc) is 3.46. The van der Waals surface area contributed by atoms with E-state index in [2.05, 4.69) is 5.32 Å². The number of nitrogens with one attached hydrogen (secondary N) is 1. The number of nitrogens with zero attached hydrogens (tertiary/aromatic N) is 1. The van der Waals surface area contributed by atoms with Crippen molar-refractivity contribution in [2.75, 3.05) is 13.7 Å². The number of fused-ring (bicyclic) bond motifs is 2. The van der Waals surface area contributed by atoms with Gasteiger partial charge in [-0.25, -0.2) is 0 Å². The fraction of sp³-hybridized carbons (Fsp3) is 0.379. The maximum absolute atomic E-state index is 13.7. The Morgan fingerprint density at radius 2 is 1.84 bits per heavy atom. The molecule has 5 rings (SSSR count). The number of benzene rings is 2. The SMILES string of the molecule is COC(=O)[C@H]1CC[C@H](CNC(=O)c2cc(C(F)(F)F)cc3ccn(Cc4oc5ccccc5c4C)c23)CC1. The molecule has 9 heteroatoms. The molecule has 1 N–H and O–H groups in total. The predicted molar refractivity (Wildman–Crippen MR) is 137 cm³/mol. The van der Waals surface area contributed by atoms with Crippen LogP contribution in [0.2, 0.25) is 0 Å². The Kier molecular flexibility index (Phi) is 6.94. The molecular formula is C29H29F3N2O4. The van der Waals surface area contributed by atoms with Crippen molar-refractivity contribution in [2.45, 2.75) is 45.3 Å². The van der Waals surface area contributed by atoms with E-state index in [0.717, 1.165) is 41.5 Å². The van der Waals surface area contributed by atoms with Crippen LogP contribution >= 0.6 is 0 Å². The first-order valence-electron chi connectivity index (χ1n) is 12.7. The van der Waals surface area contributed by atoms with E-state index in [1.807, 2.05) is 31.2 Å². The normalized spacial score (nSPS) is 18.1. The number of carbonyl (C=O) groups is 2. The summed E-state index contributed by atoms with van der Waals surface area (Å²) in [4.78, 5) is 25.1. The zero-order chi connectivity index (χ0) is 27.0. The lowest BCUT2D eigenvalue weighted by Crippen LogP contribution is -2.33. The lowest BCUT2D eigenvalue weighted by atomic mass is 9.82. The second kappa shape index (κ2) is 10.2. The summed E-state index contributed by atoms with van der Waals surface area (Å²) < 4.78 is 53.7. The van der Waals surface area contributed by atoms with Crippen molar-refractivity contribution in [1.29, 1.82) is 0 Å². The van der Waals surface area contributed by atoms with E-state index in [9.17, 15) is 22.8 Å².